The van der Waals surface area contributed by atoms with E-state index < -0.39 is 53.7 Å². The maximum Gasteiger partial charge on any atom is 0.254 e. The number of nitrogens with one attached hydrogen (secondary N) is 4. The van der Waals surface area contributed by atoms with E-state index in [4.69, 9.17) is 14.2 Å². The van der Waals surface area contributed by atoms with Crippen molar-refractivity contribution in [2.75, 3.05) is 33.4 Å². The average Bonchev–Trinajstić information content (AvgIpc) is 3.05. The highest BCUT2D eigenvalue weighted by atomic mass is 16.6. The molecule has 260 valence electrons. The smallest absolute Gasteiger partial charge is 0.254 e. The third-order valence-electron chi connectivity index (χ3n) is 8.30. The molecule has 1 fully saturated rings. The zero-order valence-corrected chi connectivity index (χ0v) is 28.5. The number of hydrogen-bond donors (Lipinski definition) is 4. The molecule has 4 atom stereocenters. The van der Waals surface area contributed by atoms with E-state index in [-0.39, 0.29) is 43.3 Å². The molecule has 0 unspecified atom stereocenters. The van der Waals surface area contributed by atoms with E-state index in [0.29, 0.717) is 30.5 Å². The molecule has 2 aliphatic heterocycles. The summed E-state index contributed by atoms with van der Waals surface area (Å²) >= 11 is 0. The Labute approximate surface area is 281 Å². The summed E-state index contributed by atoms with van der Waals surface area (Å²) < 4.78 is 16.5. The summed E-state index contributed by atoms with van der Waals surface area (Å²) in [5.41, 5.74) is 1.03. The molecule has 2 aromatic rings. The lowest BCUT2D eigenvalue weighted by Gasteiger charge is -2.31. The van der Waals surface area contributed by atoms with Gasteiger partial charge in [-0.3, -0.25) is 24.0 Å². The van der Waals surface area contributed by atoms with E-state index in [2.05, 4.69) is 21.3 Å². The van der Waals surface area contributed by atoms with Crippen LogP contribution in [0.4, 0.5) is 0 Å². The molecule has 2 aromatic carbocycles. The van der Waals surface area contributed by atoms with Gasteiger partial charge in [-0.15, -0.1) is 0 Å². The van der Waals surface area contributed by atoms with E-state index in [0.717, 1.165) is 5.56 Å². The fraction of sp³-hybridized carbons (Fsp3) is 0.514. The minimum Gasteiger partial charge on any atom is -0.497 e. The van der Waals surface area contributed by atoms with Crippen LogP contribution in [0.5, 0.6) is 17.2 Å². The number of hydrogen-bond acceptors (Lipinski definition) is 8. The molecule has 0 bridgehead atoms. The van der Waals surface area contributed by atoms with Crippen molar-refractivity contribution < 1.29 is 38.2 Å². The van der Waals surface area contributed by atoms with Crippen LogP contribution < -0.4 is 35.5 Å². The minimum atomic E-state index is -1.05. The number of carbonyl (C=O) groups excluding carboxylic acids is 5. The molecular formula is C35H47N5O8. The number of amides is 5. The molecular weight excluding hydrogens is 618 g/mol. The number of rotatable bonds is 7. The van der Waals surface area contributed by atoms with E-state index in [9.17, 15) is 24.0 Å². The van der Waals surface area contributed by atoms with Gasteiger partial charge in [0.25, 0.3) is 5.91 Å². The van der Waals surface area contributed by atoms with Crippen molar-refractivity contribution in [2.24, 2.45) is 11.8 Å². The first-order valence-corrected chi connectivity index (χ1v) is 16.4. The number of nitrogens with zero attached hydrogens (tertiary/aromatic N) is 1. The van der Waals surface area contributed by atoms with Gasteiger partial charge in [0.1, 0.15) is 37.1 Å². The Morgan fingerprint density at radius 1 is 0.854 bits per heavy atom. The Balaban J connectivity index is 1.67. The molecule has 0 aromatic heterocycles. The lowest BCUT2D eigenvalue weighted by atomic mass is 10.0. The zero-order chi connectivity index (χ0) is 35.0. The second kappa shape index (κ2) is 16.3. The van der Waals surface area contributed by atoms with Crippen LogP contribution in [0.3, 0.4) is 0 Å². The summed E-state index contributed by atoms with van der Waals surface area (Å²) in [6.45, 7) is 9.52. The predicted octanol–water partition coefficient (Wildman–Crippen LogP) is 1.83. The molecule has 2 heterocycles. The predicted molar refractivity (Wildman–Crippen MR) is 178 cm³/mol. The molecule has 0 saturated carbocycles. The SMILES string of the molecule is COc1ccc(C[C@@H]2NC(=O)[C@H](CC(C)C)NC(=O)CN(C(=O)c3ccc4c(c3)OCCO4)C[C@H](C(C)C)NC(=O)[C@@H](C)NC2=O)cc1. The van der Waals surface area contributed by atoms with Crippen LogP contribution in [0.1, 0.15) is 57.0 Å². The lowest BCUT2D eigenvalue weighted by molar-refractivity contribution is -0.133. The van der Waals surface area contributed by atoms with Gasteiger partial charge in [0, 0.05) is 24.6 Å². The van der Waals surface area contributed by atoms with Gasteiger partial charge < -0.3 is 40.4 Å². The Morgan fingerprint density at radius 3 is 2.17 bits per heavy atom. The molecule has 5 amide bonds. The van der Waals surface area contributed by atoms with E-state index in [1.807, 2.05) is 27.7 Å². The Hall–Kier alpha value is -4.81. The summed E-state index contributed by atoms with van der Waals surface area (Å²) in [5.74, 6) is -1.15. The average molecular weight is 666 g/mol. The van der Waals surface area contributed by atoms with Crippen LogP contribution in [0, 0.1) is 11.8 Å². The minimum absolute atomic E-state index is 0.00803. The maximum absolute atomic E-state index is 14.0. The van der Waals surface area contributed by atoms with Crippen molar-refractivity contribution in [1.29, 1.82) is 0 Å². The Bertz CT molecular complexity index is 1480. The highest BCUT2D eigenvalue weighted by Gasteiger charge is 2.33. The molecule has 4 rings (SSSR count). The van der Waals surface area contributed by atoms with Gasteiger partial charge in [-0.2, -0.15) is 0 Å². The Morgan fingerprint density at radius 2 is 1.52 bits per heavy atom. The van der Waals surface area contributed by atoms with E-state index in [1.54, 1.807) is 56.5 Å². The molecule has 0 spiro atoms. The second-order valence-electron chi connectivity index (χ2n) is 13.0. The van der Waals surface area contributed by atoms with Gasteiger partial charge in [-0.25, -0.2) is 0 Å². The van der Waals surface area contributed by atoms with Crippen LogP contribution >= 0.6 is 0 Å². The van der Waals surface area contributed by atoms with Crippen LogP contribution in [-0.2, 0) is 25.6 Å². The van der Waals surface area contributed by atoms with E-state index in [1.165, 1.54) is 4.90 Å². The largest absolute Gasteiger partial charge is 0.497 e. The van der Waals surface area contributed by atoms with Gasteiger partial charge >= 0.3 is 0 Å². The number of carbonyl (C=O) groups is 5. The third kappa shape index (κ3) is 9.61. The topological polar surface area (TPSA) is 164 Å². The van der Waals surface area contributed by atoms with Crippen molar-refractivity contribution in [1.82, 2.24) is 26.2 Å². The van der Waals surface area contributed by atoms with Crippen molar-refractivity contribution >= 4 is 29.5 Å². The fourth-order valence-corrected chi connectivity index (χ4v) is 5.52. The highest BCUT2D eigenvalue weighted by Crippen LogP contribution is 2.31. The number of benzene rings is 2. The van der Waals surface area contributed by atoms with Crippen LogP contribution in [0.15, 0.2) is 42.5 Å². The van der Waals surface area contributed by atoms with Crippen molar-refractivity contribution in [3.63, 3.8) is 0 Å². The first-order valence-electron chi connectivity index (χ1n) is 16.4. The van der Waals surface area contributed by atoms with Gasteiger partial charge in [0.2, 0.25) is 23.6 Å². The summed E-state index contributed by atoms with van der Waals surface area (Å²) in [6, 6.07) is 8.33. The van der Waals surface area contributed by atoms with Gasteiger partial charge in [-0.1, -0.05) is 39.8 Å². The van der Waals surface area contributed by atoms with Gasteiger partial charge in [-0.05, 0) is 61.1 Å². The van der Waals surface area contributed by atoms with Crippen LogP contribution in [0.2, 0.25) is 0 Å². The molecule has 4 N–H and O–H groups in total. The summed E-state index contributed by atoms with van der Waals surface area (Å²) in [6.07, 6.45) is 0.417. The second-order valence-corrected chi connectivity index (χ2v) is 13.0. The molecule has 48 heavy (non-hydrogen) atoms. The first kappa shape index (κ1) is 36.0. The lowest BCUT2D eigenvalue weighted by Crippen LogP contribution is -2.57. The molecule has 13 nitrogen and oxygen atoms in total. The highest BCUT2D eigenvalue weighted by molar-refractivity contribution is 5.98. The maximum atomic E-state index is 14.0. The normalized spacial score (nSPS) is 22.5. The first-order chi connectivity index (χ1) is 22.8. The number of ether oxygens (including phenoxy) is 3. The van der Waals surface area contributed by atoms with Crippen LogP contribution in [0.25, 0.3) is 0 Å². The molecule has 13 heteroatoms. The molecule has 0 aliphatic carbocycles. The quantitative estimate of drug-likeness (QED) is 0.348. The van der Waals surface area contributed by atoms with Gasteiger partial charge in [0.05, 0.1) is 13.7 Å². The molecule has 2 aliphatic rings. The van der Waals surface area contributed by atoms with Crippen molar-refractivity contribution in [2.45, 2.75) is 71.6 Å². The van der Waals surface area contributed by atoms with Crippen molar-refractivity contribution in [3.05, 3.63) is 53.6 Å². The number of fused-ring (bicyclic) bond motifs is 1. The van der Waals surface area contributed by atoms with Crippen LogP contribution in [-0.4, -0.2) is 92.0 Å². The Kier molecular flexibility index (Phi) is 12.3. The summed E-state index contributed by atoms with van der Waals surface area (Å²) in [4.78, 5) is 69.7. The standard InChI is InChI=1S/C35H47N5O8/c1-20(2)15-26-34(44)38-27(16-23-7-10-25(46-6)11-8-23)33(43)36-22(5)32(42)39-28(21(3)4)18-40(19-31(41)37-26)35(45)24-9-12-29-30(17-24)48-14-13-47-29/h7-12,17,20-22,26-28H,13-16,18-19H2,1-6H3,(H,36,43)(H,37,41)(H,38,44)(H,39,42)/t22-,26+,27+,28-/m1/s1. The summed E-state index contributed by atoms with van der Waals surface area (Å²) in [5, 5.41) is 11.3. The zero-order valence-electron chi connectivity index (χ0n) is 28.5. The fourth-order valence-electron chi connectivity index (χ4n) is 5.52. The number of methoxy groups -OCH3 is 1. The van der Waals surface area contributed by atoms with Crippen molar-refractivity contribution in [3.8, 4) is 17.2 Å². The third-order valence-corrected chi connectivity index (χ3v) is 8.30. The van der Waals surface area contributed by atoms with E-state index >= 15 is 0 Å². The molecule has 1 saturated heterocycles. The van der Waals surface area contributed by atoms with Gasteiger partial charge in [0.15, 0.2) is 11.5 Å². The monoisotopic (exact) mass is 665 g/mol. The molecule has 0 radical (unpaired) electrons. The summed E-state index contributed by atoms with van der Waals surface area (Å²) in [7, 11) is 1.55.